The first kappa shape index (κ1) is 13.9. The lowest BCUT2D eigenvalue weighted by Gasteiger charge is -2.28. The predicted octanol–water partition coefficient (Wildman–Crippen LogP) is 3.52. The van der Waals surface area contributed by atoms with Crippen LogP contribution in [0.25, 0.3) is 0 Å². The van der Waals surface area contributed by atoms with E-state index < -0.39 is 0 Å². The zero-order valence-electron chi connectivity index (χ0n) is 12.0. The zero-order chi connectivity index (χ0) is 13.7. The van der Waals surface area contributed by atoms with Crippen LogP contribution in [0.15, 0.2) is 24.3 Å². The first-order valence-corrected chi connectivity index (χ1v) is 7.35. The van der Waals surface area contributed by atoms with E-state index in [9.17, 15) is 4.79 Å². The van der Waals surface area contributed by atoms with Crippen molar-refractivity contribution in [3.8, 4) is 0 Å². The van der Waals surface area contributed by atoms with Crippen LogP contribution in [-0.4, -0.2) is 30.4 Å². The van der Waals surface area contributed by atoms with Crippen molar-refractivity contribution in [1.82, 2.24) is 4.90 Å². The molecule has 1 fully saturated rings. The molecule has 1 amide bonds. The maximum Gasteiger partial charge on any atom is 0.254 e. The molecule has 3 heteroatoms. The lowest BCUT2D eigenvalue weighted by Crippen LogP contribution is -2.39. The van der Waals surface area contributed by atoms with Crippen LogP contribution in [0, 0.1) is 0 Å². The average Bonchev–Trinajstić information content (AvgIpc) is 2.98. The van der Waals surface area contributed by atoms with Crippen molar-refractivity contribution in [2.75, 3.05) is 18.9 Å². The summed E-state index contributed by atoms with van der Waals surface area (Å²) in [4.78, 5) is 14.7. The highest BCUT2D eigenvalue weighted by atomic mass is 16.2. The summed E-state index contributed by atoms with van der Waals surface area (Å²) >= 11 is 0. The molecular weight excluding hydrogens is 236 g/mol. The van der Waals surface area contributed by atoms with Crippen LogP contribution in [0.4, 0.5) is 5.69 Å². The number of amides is 1. The van der Waals surface area contributed by atoms with Gasteiger partial charge in [-0.3, -0.25) is 4.79 Å². The van der Waals surface area contributed by atoms with Crippen LogP contribution in [0.2, 0.25) is 0 Å². The third-order valence-corrected chi connectivity index (χ3v) is 3.91. The van der Waals surface area contributed by atoms with Gasteiger partial charge < -0.3 is 10.2 Å². The molecule has 0 radical (unpaired) electrons. The minimum absolute atomic E-state index is 0.191. The minimum Gasteiger partial charge on any atom is -0.388 e. The van der Waals surface area contributed by atoms with Gasteiger partial charge in [-0.2, -0.15) is 0 Å². The molecule has 0 aromatic heterocycles. The van der Waals surface area contributed by atoms with Gasteiger partial charge in [0.15, 0.2) is 0 Å². The molecule has 0 spiro atoms. The quantitative estimate of drug-likeness (QED) is 0.878. The Kier molecular flexibility index (Phi) is 4.83. The Morgan fingerprint density at radius 1 is 1.26 bits per heavy atom. The van der Waals surface area contributed by atoms with Crippen molar-refractivity contribution in [2.45, 2.75) is 45.1 Å². The van der Waals surface area contributed by atoms with Crippen LogP contribution in [0.3, 0.4) is 0 Å². The molecule has 104 valence electrons. The molecule has 1 aromatic carbocycles. The Balaban J connectivity index is 2.12. The van der Waals surface area contributed by atoms with Gasteiger partial charge in [-0.25, -0.2) is 0 Å². The van der Waals surface area contributed by atoms with E-state index in [2.05, 4.69) is 17.1 Å². The molecule has 0 bridgehead atoms. The van der Waals surface area contributed by atoms with Crippen molar-refractivity contribution in [3.63, 3.8) is 0 Å². The summed E-state index contributed by atoms with van der Waals surface area (Å²) in [6, 6.07) is 8.23. The molecule has 1 N–H and O–H groups in total. The van der Waals surface area contributed by atoms with Crippen molar-refractivity contribution in [1.29, 1.82) is 0 Å². The van der Waals surface area contributed by atoms with Crippen LogP contribution in [0.1, 0.15) is 49.4 Å². The fourth-order valence-corrected chi connectivity index (χ4v) is 2.85. The second kappa shape index (κ2) is 6.60. The predicted molar refractivity (Wildman–Crippen MR) is 79.6 cm³/mol. The Morgan fingerprint density at radius 3 is 2.42 bits per heavy atom. The number of anilines is 1. The molecule has 19 heavy (non-hydrogen) atoms. The number of hydrogen-bond acceptors (Lipinski definition) is 2. The largest absolute Gasteiger partial charge is 0.388 e. The third-order valence-electron chi connectivity index (χ3n) is 3.91. The Morgan fingerprint density at radius 2 is 1.89 bits per heavy atom. The van der Waals surface area contributed by atoms with Gasteiger partial charge in [-0.15, -0.1) is 0 Å². The molecule has 1 aromatic rings. The second-order valence-electron chi connectivity index (χ2n) is 5.26. The highest BCUT2D eigenvalue weighted by Crippen LogP contribution is 2.25. The first-order chi connectivity index (χ1) is 9.26. The highest BCUT2D eigenvalue weighted by Gasteiger charge is 2.26. The summed E-state index contributed by atoms with van der Waals surface area (Å²) in [6.07, 6.45) is 5.88. The number of nitrogens with one attached hydrogen (secondary N) is 1. The minimum atomic E-state index is 0.191. The average molecular weight is 260 g/mol. The standard InChI is InChI=1S/C16H24N2O/c1-3-12-18(15-6-4-5-7-15)16(19)13-8-10-14(17-2)11-9-13/h8-11,15,17H,3-7,12H2,1-2H3. The lowest BCUT2D eigenvalue weighted by molar-refractivity contribution is 0.0681. The third kappa shape index (κ3) is 3.28. The van der Waals surface area contributed by atoms with Gasteiger partial charge in [-0.05, 0) is 43.5 Å². The molecule has 3 nitrogen and oxygen atoms in total. The monoisotopic (exact) mass is 260 g/mol. The molecule has 0 atom stereocenters. The second-order valence-corrected chi connectivity index (χ2v) is 5.26. The van der Waals surface area contributed by atoms with E-state index in [4.69, 9.17) is 0 Å². The maximum atomic E-state index is 12.6. The fraction of sp³-hybridized carbons (Fsp3) is 0.562. The smallest absolute Gasteiger partial charge is 0.254 e. The van der Waals surface area contributed by atoms with Gasteiger partial charge >= 0.3 is 0 Å². The van der Waals surface area contributed by atoms with E-state index in [1.54, 1.807) is 0 Å². The Bertz CT molecular complexity index is 407. The van der Waals surface area contributed by atoms with Gasteiger partial charge in [0.05, 0.1) is 0 Å². The number of nitrogens with zero attached hydrogens (tertiary/aromatic N) is 1. The van der Waals surface area contributed by atoms with E-state index >= 15 is 0 Å². The molecule has 0 unspecified atom stereocenters. The van der Waals surface area contributed by atoms with Gasteiger partial charge in [-0.1, -0.05) is 19.8 Å². The Hall–Kier alpha value is -1.51. The van der Waals surface area contributed by atoms with Crippen LogP contribution in [0.5, 0.6) is 0 Å². The van der Waals surface area contributed by atoms with Gasteiger partial charge in [0, 0.05) is 30.9 Å². The number of benzene rings is 1. The summed E-state index contributed by atoms with van der Waals surface area (Å²) < 4.78 is 0. The molecule has 2 rings (SSSR count). The fourth-order valence-electron chi connectivity index (χ4n) is 2.85. The first-order valence-electron chi connectivity index (χ1n) is 7.35. The number of carbonyl (C=O) groups is 1. The molecule has 1 aliphatic carbocycles. The lowest BCUT2D eigenvalue weighted by atomic mass is 10.1. The van der Waals surface area contributed by atoms with E-state index in [0.717, 1.165) is 24.2 Å². The molecular formula is C16H24N2O. The van der Waals surface area contributed by atoms with Crippen molar-refractivity contribution in [3.05, 3.63) is 29.8 Å². The molecule has 0 aliphatic heterocycles. The number of hydrogen-bond donors (Lipinski definition) is 1. The summed E-state index contributed by atoms with van der Waals surface area (Å²) in [5.74, 6) is 0.191. The summed E-state index contributed by atoms with van der Waals surface area (Å²) in [5.41, 5.74) is 1.85. The topological polar surface area (TPSA) is 32.3 Å². The molecule has 1 saturated carbocycles. The number of carbonyl (C=O) groups excluding carboxylic acids is 1. The maximum absolute atomic E-state index is 12.6. The van der Waals surface area contributed by atoms with Crippen molar-refractivity contribution in [2.24, 2.45) is 0 Å². The van der Waals surface area contributed by atoms with Crippen LogP contribution >= 0.6 is 0 Å². The Labute approximate surface area is 116 Å². The van der Waals surface area contributed by atoms with E-state index in [-0.39, 0.29) is 5.91 Å². The summed E-state index contributed by atoms with van der Waals surface area (Å²) in [7, 11) is 1.89. The van der Waals surface area contributed by atoms with Crippen LogP contribution < -0.4 is 5.32 Å². The normalized spacial score (nSPS) is 15.5. The summed E-state index contributed by atoms with van der Waals surface area (Å²) in [5, 5.41) is 3.08. The SMILES string of the molecule is CCCN(C(=O)c1ccc(NC)cc1)C1CCCC1. The van der Waals surface area contributed by atoms with E-state index in [0.29, 0.717) is 6.04 Å². The van der Waals surface area contributed by atoms with Crippen molar-refractivity contribution < 1.29 is 4.79 Å². The molecule has 0 heterocycles. The van der Waals surface area contributed by atoms with Gasteiger partial charge in [0.2, 0.25) is 0 Å². The van der Waals surface area contributed by atoms with Crippen LogP contribution in [-0.2, 0) is 0 Å². The summed E-state index contributed by atoms with van der Waals surface area (Å²) in [6.45, 7) is 3.01. The number of rotatable bonds is 5. The molecule has 0 saturated heterocycles. The molecule has 1 aliphatic rings. The van der Waals surface area contributed by atoms with Gasteiger partial charge in [0.1, 0.15) is 0 Å². The van der Waals surface area contributed by atoms with E-state index in [1.807, 2.05) is 31.3 Å². The highest BCUT2D eigenvalue weighted by molar-refractivity contribution is 5.94. The van der Waals surface area contributed by atoms with E-state index in [1.165, 1.54) is 25.7 Å². The zero-order valence-corrected chi connectivity index (χ0v) is 12.0. The van der Waals surface area contributed by atoms with Gasteiger partial charge in [0.25, 0.3) is 5.91 Å². The van der Waals surface area contributed by atoms with Crippen molar-refractivity contribution >= 4 is 11.6 Å².